The highest BCUT2D eigenvalue weighted by Gasteiger charge is 2.20. The molecule has 0 radical (unpaired) electrons. The summed E-state index contributed by atoms with van der Waals surface area (Å²) in [6.45, 7) is 4.69. The van der Waals surface area contributed by atoms with Gasteiger partial charge < -0.3 is 14.8 Å². The third-order valence-electron chi connectivity index (χ3n) is 3.10. The van der Waals surface area contributed by atoms with Gasteiger partial charge in [0.25, 0.3) is 0 Å². The lowest BCUT2D eigenvalue weighted by Crippen LogP contribution is -2.31. The zero-order valence-corrected chi connectivity index (χ0v) is 11.3. The number of benzene rings is 1. The fourth-order valence-electron chi connectivity index (χ4n) is 2.30. The summed E-state index contributed by atoms with van der Waals surface area (Å²) >= 11 is 0. The van der Waals surface area contributed by atoms with Gasteiger partial charge in [0.05, 0.1) is 12.1 Å². The van der Waals surface area contributed by atoms with Crippen LogP contribution >= 0.6 is 0 Å². The molecule has 19 heavy (non-hydrogen) atoms. The van der Waals surface area contributed by atoms with Crippen LogP contribution in [0.1, 0.15) is 25.8 Å². The number of rotatable bonds is 1. The second-order valence-electron chi connectivity index (χ2n) is 4.17. The Hall–Kier alpha value is -1.59. The quantitative estimate of drug-likeness (QED) is 0.757. The predicted molar refractivity (Wildman–Crippen MR) is 76.7 cm³/mol. The van der Waals surface area contributed by atoms with Gasteiger partial charge in [0, 0.05) is 17.0 Å². The molecule has 0 saturated heterocycles. The van der Waals surface area contributed by atoms with Gasteiger partial charge in [-0.1, -0.05) is 19.9 Å². The van der Waals surface area contributed by atoms with E-state index in [0.29, 0.717) is 17.6 Å². The SMILES string of the molecule is CC.OB(O)c1ccc2c3c(ccnc13)CCCO2. The molecule has 0 spiro atoms. The van der Waals surface area contributed by atoms with Crippen LogP contribution in [0.4, 0.5) is 0 Å². The second kappa shape index (κ2) is 6.04. The maximum Gasteiger partial charge on any atom is 0.490 e. The van der Waals surface area contributed by atoms with Gasteiger partial charge in [0.2, 0.25) is 0 Å². The first-order valence-corrected chi connectivity index (χ1v) is 6.67. The normalized spacial score (nSPS) is 13.1. The van der Waals surface area contributed by atoms with Crippen LogP contribution in [0.3, 0.4) is 0 Å². The zero-order valence-electron chi connectivity index (χ0n) is 11.3. The topological polar surface area (TPSA) is 62.6 Å². The summed E-state index contributed by atoms with van der Waals surface area (Å²) in [4.78, 5) is 4.25. The molecule has 4 nitrogen and oxygen atoms in total. The van der Waals surface area contributed by atoms with E-state index in [4.69, 9.17) is 4.74 Å². The molecule has 2 aromatic rings. The van der Waals surface area contributed by atoms with E-state index in [2.05, 4.69) is 4.98 Å². The summed E-state index contributed by atoms with van der Waals surface area (Å²) in [6, 6.07) is 5.41. The maximum atomic E-state index is 9.34. The van der Waals surface area contributed by atoms with Crippen molar-refractivity contribution in [2.75, 3.05) is 6.61 Å². The van der Waals surface area contributed by atoms with Crippen LogP contribution in [-0.4, -0.2) is 28.8 Å². The minimum Gasteiger partial charge on any atom is -0.493 e. The molecule has 1 aliphatic heterocycles. The minimum atomic E-state index is -1.50. The lowest BCUT2D eigenvalue weighted by atomic mass is 9.78. The van der Waals surface area contributed by atoms with Crippen molar-refractivity contribution in [2.24, 2.45) is 0 Å². The number of pyridine rings is 1. The number of ether oxygens (including phenoxy) is 1. The fraction of sp³-hybridized carbons (Fsp3) is 0.357. The molecule has 0 atom stereocenters. The number of hydrogen-bond acceptors (Lipinski definition) is 4. The molecule has 1 aliphatic rings. The van der Waals surface area contributed by atoms with Gasteiger partial charge in [-0.25, -0.2) is 0 Å². The van der Waals surface area contributed by atoms with E-state index in [1.807, 2.05) is 19.9 Å². The summed E-state index contributed by atoms with van der Waals surface area (Å²) in [5, 5.41) is 19.6. The molecule has 1 aromatic heterocycles. The first kappa shape index (κ1) is 13.8. The molecule has 2 heterocycles. The van der Waals surface area contributed by atoms with E-state index >= 15 is 0 Å². The van der Waals surface area contributed by atoms with Crippen molar-refractivity contribution >= 4 is 23.5 Å². The summed E-state index contributed by atoms with van der Waals surface area (Å²) in [5.74, 6) is 0.782. The van der Waals surface area contributed by atoms with E-state index in [1.54, 1.807) is 18.3 Å². The molecular weight excluding hydrogens is 241 g/mol. The van der Waals surface area contributed by atoms with Crippen LogP contribution in [0.5, 0.6) is 5.75 Å². The number of hydrogen-bond donors (Lipinski definition) is 2. The van der Waals surface area contributed by atoms with Crippen LogP contribution < -0.4 is 10.2 Å². The lowest BCUT2D eigenvalue weighted by Gasteiger charge is -2.10. The first-order valence-electron chi connectivity index (χ1n) is 6.67. The molecule has 0 aliphatic carbocycles. The van der Waals surface area contributed by atoms with Crippen molar-refractivity contribution < 1.29 is 14.8 Å². The third-order valence-corrected chi connectivity index (χ3v) is 3.10. The highest BCUT2D eigenvalue weighted by molar-refractivity contribution is 6.61. The molecule has 1 aromatic carbocycles. The van der Waals surface area contributed by atoms with Gasteiger partial charge in [-0.3, -0.25) is 4.98 Å². The summed E-state index contributed by atoms with van der Waals surface area (Å²) in [6.07, 6.45) is 3.60. The van der Waals surface area contributed by atoms with Gasteiger partial charge in [-0.2, -0.15) is 0 Å². The molecule has 0 bridgehead atoms. The van der Waals surface area contributed by atoms with E-state index < -0.39 is 7.12 Å². The molecule has 2 N–H and O–H groups in total. The van der Waals surface area contributed by atoms with Crippen molar-refractivity contribution in [3.8, 4) is 5.75 Å². The third kappa shape index (κ3) is 2.57. The summed E-state index contributed by atoms with van der Waals surface area (Å²) < 4.78 is 5.65. The number of aromatic nitrogens is 1. The Balaban J connectivity index is 0.000000637. The number of nitrogens with zero attached hydrogens (tertiary/aromatic N) is 1. The Morgan fingerprint density at radius 2 is 2.00 bits per heavy atom. The van der Waals surface area contributed by atoms with E-state index in [-0.39, 0.29) is 0 Å². The first-order chi connectivity index (χ1) is 9.27. The molecule has 0 fully saturated rings. The zero-order chi connectivity index (χ0) is 13.8. The van der Waals surface area contributed by atoms with Crippen molar-refractivity contribution in [1.29, 1.82) is 0 Å². The highest BCUT2D eigenvalue weighted by Crippen LogP contribution is 2.29. The standard InChI is InChI=1S/C12H12BNO3.C2H6/c15-13(16)9-3-4-10-11-8(2-1-7-17-10)5-6-14-12(9)11;1-2/h3-6,15-16H,1-2,7H2;1-2H3. The van der Waals surface area contributed by atoms with Crippen molar-refractivity contribution in [1.82, 2.24) is 4.98 Å². The summed E-state index contributed by atoms with van der Waals surface area (Å²) in [5.41, 5.74) is 2.21. The fourth-order valence-corrected chi connectivity index (χ4v) is 2.30. The second-order valence-corrected chi connectivity index (χ2v) is 4.17. The van der Waals surface area contributed by atoms with Gasteiger partial charge in [0.1, 0.15) is 5.75 Å². The monoisotopic (exact) mass is 259 g/mol. The molecule has 0 amide bonds. The van der Waals surface area contributed by atoms with Crippen molar-refractivity contribution in [2.45, 2.75) is 26.7 Å². The van der Waals surface area contributed by atoms with Crippen LogP contribution in [-0.2, 0) is 6.42 Å². The Morgan fingerprint density at radius 3 is 2.74 bits per heavy atom. The summed E-state index contributed by atoms with van der Waals surface area (Å²) in [7, 11) is -1.50. The van der Waals surface area contributed by atoms with E-state index in [1.165, 1.54) is 0 Å². The Kier molecular flexibility index (Phi) is 4.40. The number of aryl methyl sites for hydroxylation is 1. The molecule has 0 unspecified atom stereocenters. The molecule has 0 saturated carbocycles. The van der Waals surface area contributed by atoms with Crippen LogP contribution in [0.2, 0.25) is 0 Å². The largest absolute Gasteiger partial charge is 0.493 e. The van der Waals surface area contributed by atoms with Crippen LogP contribution in [0.25, 0.3) is 10.9 Å². The van der Waals surface area contributed by atoms with Gasteiger partial charge >= 0.3 is 7.12 Å². The highest BCUT2D eigenvalue weighted by atomic mass is 16.5. The Labute approximate surface area is 113 Å². The van der Waals surface area contributed by atoms with Crippen molar-refractivity contribution in [3.63, 3.8) is 0 Å². The average molecular weight is 259 g/mol. The average Bonchev–Trinajstić information content (AvgIpc) is 2.65. The van der Waals surface area contributed by atoms with E-state index in [9.17, 15) is 10.0 Å². The molecule has 100 valence electrons. The van der Waals surface area contributed by atoms with E-state index in [0.717, 1.165) is 29.5 Å². The van der Waals surface area contributed by atoms with Crippen LogP contribution in [0.15, 0.2) is 24.4 Å². The Morgan fingerprint density at radius 1 is 1.21 bits per heavy atom. The van der Waals surface area contributed by atoms with Gasteiger partial charge in [-0.15, -0.1) is 0 Å². The smallest absolute Gasteiger partial charge is 0.490 e. The van der Waals surface area contributed by atoms with Crippen LogP contribution in [0, 0.1) is 0 Å². The van der Waals surface area contributed by atoms with Gasteiger partial charge in [-0.05, 0) is 30.5 Å². The maximum absolute atomic E-state index is 9.34. The molecular formula is C14H18BNO3. The van der Waals surface area contributed by atoms with Gasteiger partial charge in [0.15, 0.2) is 0 Å². The predicted octanol–water partition coefficient (Wildman–Crippen LogP) is 1.27. The lowest BCUT2D eigenvalue weighted by molar-refractivity contribution is 0.319. The minimum absolute atomic E-state index is 0.427. The Bertz CT molecular complexity index is 560. The molecule has 3 rings (SSSR count). The molecule has 5 heteroatoms. The van der Waals surface area contributed by atoms with Crippen molar-refractivity contribution in [3.05, 3.63) is 30.0 Å².